The van der Waals surface area contributed by atoms with Crippen LogP contribution in [0.4, 0.5) is 22.7 Å². The Bertz CT molecular complexity index is 1420. The highest BCUT2D eigenvalue weighted by Crippen LogP contribution is 2.39. The Kier molecular flexibility index (Phi) is 6.64. The zero-order chi connectivity index (χ0) is 26.2. The lowest BCUT2D eigenvalue weighted by Gasteiger charge is -2.40. The molecule has 0 spiro atoms. The monoisotopic (exact) mass is 518 g/mol. The van der Waals surface area contributed by atoms with Crippen LogP contribution >= 0.6 is 0 Å². The summed E-state index contributed by atoms with van der Waals surface area (Å²) in [6, 6.07) is 22.7. The molecular formula is C28H30N4O4S. The smallest absolute Gasteiger partial charge is 0.254 e. The first-order valence-corrected chi connectivity index (χ1v) is 14.1. The van der Waals surface area contributed by atoms with Gasteiger partial charge in [0.25, 0.3) is 5.91 Å². The number of rotatable bonds is 5. The number of nitrogens with zero attached hydrogens (tertiary/aromatic N) is 3. The molecule has 37 heavy (non-hydrogen) atoms. The summed E-state index contributed by atoms with van der Waals surface area (Å²) < 4.78 is 23.8. The lowest BCUT2D eigenvalue weighted by atomic mass is 10.0. The first-order chi connectivity index (χ1) is 17.7. The Balaban J connectivity index is 1.36. The van der Waals surface area contributed by atoms with E-state index in [2.05, 4.69) is 22.3 Å². The van der Waals surface area contributed by atoms with E-state index in [0.29, 0.717) is 25.1 Å². The quantitative estimate of drug-likeness (QED) is 0.549. The normalized spacial score (nSPS) is 18.9. The predicted octanol–water partition coefficient (Wildman–Crippen LogP) is 4.02. The molecule has 0 bridgehead atoms. The third-order valence-corrected chi connectivity index (χ3v) is 8.56. The lowest BCUT2D eigenvalue weighted by molar-refractivity contribution is -0.119. The number of hydrogen-bond acceptors (Lipinski definition) is 6. The fraction of sp³-hybridized carbons (Fsp3) is 0.286. The van der Waals surface area contributed by atoms with Gasteiger partial charge in [0.1, 0.15) is 11.9 Å². The van der Waals surface area contributed by atoms with Crippen LogP contribution in [0.5, 0.6) is 0 Å². The summed E-state index contributed by atoms with van der Waals surface area (Å²) in [5.41, 5.74) is 5.04. The van der Waals surface area contributed by atoms with Gasteiger partial charge >= 0.3 is 0 Å². The van der Waals surface area contributed by atoms with E-state index < -0.39 is 9.84 Å². The zero-order valence-corrected chi connectivity index (χ0v) is 21.7. The Morgan fingerprint density at radius 1 is 0.973 bits per heavy atom. The van der Waals surface area contributed by atoms with Gasteiger partial charge in [-0.1, -0.05) is 30.3 Å². The molecule has 8 nitrogen and oxygen atoms in total. The molecule has 0 saturated carbocycles. The lowest BCUT2D eigenvalue weighted by Crippen LogP contribution is -2.50. The molecule has 1 N–H and O–H groups in total. The van der Waals surface area contributed by atoms with Crippen molar-refractivity contribution in [1.82, 2.24) is 4.90 Å². The maximum atomic E-state index is 12.9. The molecule has 3 aromatic rings. The summed E-state index contributed by atoms with van der Waals surface area (Å²) in [4.78, 5) is 30.9. The topological polar surface area (TPSA) is 90.0 Å². The van der Waals surface area contributed by atoms with E-state index in [-0.39, 0.29) is 29.5 Å². The van der Waals surface area contributed by atoms with Crippen LogP contribution in [0.3, 0.4) is 0 Å². The molecule has 0 aliphatic carbocycles. The summed E-state index contributed by atoms with van der Waals surface area (Å²) in [5.74, 6) is -0.324. The standard InChI is InChI=1S/C28H30N4O4S/c1-20-27(33)30(2)25-14-13-24(17-26(25)32(20)18-21-7-4-3-5-8-21)29-23-11-9-22(10-12-23)28(34)31-15-6-16-37(35,36)19-31/h3-5,7-14,17,20,29H,6,15-16,18-19H2,1-2H3. The van der Waals surface area contributed by atoms with Crippen LogP contribution in [0.25, 0.3) is 0 Å². The van der Waals surface area contributed by atoms with Crippen LogP contribution in [0.1, 0.15) is 29.3 Å². The number of carbonyl (C=O) groups is 2. The summed E-state index contributed by atoms with van der Waals surface area (Å²) >= 11 is 0. The van der Waals surface area contributed by atoms with Crippen LogP contribution in [-0.2, 0) is 21.2 Å². The predicted molar refractivity (Wildman–Crippen MR) is 146 cm³/mol. The molecule has 192 valence electrons. The van der Waals surface area contributed by atoms with E-state index in [9.17, 15) is 18.0 Å². The van der Waals surface area contributed by atoms with Crippen molar-refractivity contribution < 1.29 is 18.0 Å². The van der Waals surface area contributed by atoms with Crippen molar-refractivity contribution in [3.8, 4) is 0 Å². The minimum Gasteiger partial charge on any atom is -0.355 e. The van der Waals surface area contributed by atoms with Crippen molar-refractivity contribution >= 4 is 44.4 Å². The van der Waals surface area contributed by atoms with E-state index in [1.54, 1.807) is 24.1 Å². The van der Waals surface area contributed by atoms with Gasteiger partial charge in [-0.15, -0.1) is 0 Å². The van der Waals surface area contributed by atoms with Crippen LogP contribution in [-0.4, -0.2) is 56.4 Å². The molecule has 9 heteroatoms. The number of benzene rings is 3. The first-order valence-electron chi connectivity index (χ1n) is 12.3. The van der Waals surface area contributed by atoms with Crippen LogP contribution in [0.15, 0.2) is 72.8 Å². The van der Waals surface area contributed by atoms with E-state index in [4.69, 9.17) is 0 Å². The SMILES string of the molecule is CC1C(=O)N(C)c2ccc(Nc3ccc(C(=O)N4CCCS(=O)(=O)C4)cc3)cc2N1Cc1ccccc1. The van der Waals surface area contributed by atoms with Crippen LogP contribution in [0, 0.1) is 0 Å². The fourth-order valence-corrected chi connectivity index (χ4v) is 6.32. The Morgan fingerprint density at radius 3 is 2.38 bits per heavy atom. The van der Waals surface area contributed by atoms with Gasteiger partial charge in [0.05, 0.1) is 17.1 Å². The average Bonchev–Trinajstić information content (AvgIpc) is 2.90. The van der Waals surface area contributed by atoms with Crippen molar-refractivity contribution in [2.24, 2.45) is 0 Å². The van der Waals surface area contributed by atoms with Crippen molar-refractivity contribution in [3.05, 3.63) is 83.9 Å². The molecule has 1 saturated heterocycles. The second kappa shape index (κ2) is 9.89. The minimum absolute atomic E-state index is 0.0471. The van der Waals surface area contributed by atoms with Crippen LogP contribution in [0.2, 0.25) is 0 Å². The highest BCUT2D eigenvalue weighted by molar-refractivity contribution is 7.91. The zero-order valence-electron chi connectivity index (χ0n) is 20.9. The van der Waals surface area contributed by atoms with E-state index >= 15 is 0 Å². The summed E-state index contributed by atoms with van der Waals surface area (Å²) in [6.45, 7) is 2.98. The molecule has 5 rings (SSSR count). The van der Waals surface area contributed by atoms with E-state index in [1.807, 2.05) is 55.5 Å². The number of sulfone groups is 1. The van der Waals surface area contributed by atoms with Crippen LogP contribution < -0.4 is 15.1 Å². The molecule has 1 fully saturated rings. The Labute approximate surface area is 217 Å². The molecule has 2 amide bonds. The number of carbonyl (C=O) groups excluding carboxylic acids is 2. The summed E-state index contributed by atoms with van der Waals surface area (Å²) in [7, 11) is -1.41. The molecule has 0 radical (unpaired) electrons. The molecule has 2 aliphatic heterocycles. The minimum atomic E-state index is -3.21. The van der Waals surface area contributed by atoms with E-state index in [1.165, 1.54) is 4.90 Å². The number of likely N-dealkylation sites (N-methyl/N-ethyl adjacent to an activating group) is 1. The van der Waals surface area contributed by atoms with Gasteiger partial charge in [-0.05, 0) is 61.4 Å². The van der Waals surface area contributed by atoms with Gasteiger partial charge in [-0.3, -0.25) is 9.59 Å². The molecule has 3 aromatic carbocycles. The average molecular weight is 519 g/mol. The fourth-order valence-electron chi connectivity index (χ4n) is 4.91. The molecular weight excluding hydrogens is 488 g/mol. The van der Waals surface area contributed by atoms with Gasteiger partial charge in [0.15, 0.2) is 9.84 Å². The third kappa shape index (κ3) is 5.17. The number of anilines is 4. The number of nitrogens with one attached hydrogen (secondary N) is 1. The molecule has 1 atom stereocenters. The van der Waals surface area contributed by atoms with Crippen molar-refractivity contribution in [1.29, 1.82) is 0 Å². The van der Waals surface area contributed by atoms with Crippen molar-refractivity contribution in [2.75, 3.05) is 40.3 Å². The maximum Gasteiger partial charge on any atom is 0.254 e. The Hall–Kier alpha value is -3.85. The van der Waals surface area contributed by atoms with Gasteiger partial charge in [0, 0.05) is 37.1 Å². The summed E-state index contributed by atoms with van der Waals surface area (Å²) in [5, 5.41) is 3.39. The molecule has 2 aliphatic rings. The number of hydrogen-bond donors (Lipinski definition) is 1. The van der Waals surface area contributed by atoms with Gasteiger partial charge in [-0.2, -0.15) is 0 Å². The van der Waals surface area contributed by atoms with Gasteiger partial charge in [-0.25, -0.2) is 8.42 Å². The highest BCUT2D eigenvalue weighted by Gasteiger charge is 2.33. The molecule has 1 unspecified atom stereocenters. The summed E-state index contributed by atoms with van der Waals surface area (Å²) in [6.07, 6.45) is 0.465. The Morgan fingerprint density at radius 2 is 1.68 bits per heavy atom. The largest absolute Gasteiger partial charge is 0.355 e. The first kappa shape index (κ1) is 24.8. The van der Waals surface area contributed by atoms with Gasteiger partial charge in [0.2, 0.25) is 5.91 Å². The van der Waals surface area contributed by atoms with Gasteiger partial charge < -0.3 is 20.0 Å². The number of amides is 2. The van der Waals surface area contributed by atoms with Crippen molar-refractivity contribution in [3.63, 3.8) is 0 Å². The third-order valence-electron chi connectivity index (χ3n) is 6.94. The number of fused-ring (bicyclic) bond motifs is 1. The second-order valence-electron chi connectivity index (χ2n) is 9.59. The maximum absolute atomic E-state index is 12.9. The molecule has 2 heterocycles. The van der Waals surface area contributed by atoms with E-state index in [0.717, 1.165) is 28.3 Å². The highest BCUT2D eigenvalue weighted by atomic mass is 32.2. The van der Waals surface area contributed by atoms with Crippen molar-refractivity contribution in [2.45, 2.75) is 25.9 Å². The second-order valence-corrected chi connectivity index (χ2v) is 11.7. The molecule has 0 aromatic heterocycles.